The first-order valence-electron chi connectivity index (χ1n) is 15.1. The molecule has 1 N–H and O–H groups in total. The molecule has 3 heteroatoms. The largest absolute Gasteiger partial charge is 0.386 e. The van der Waals surface area contributed by atoms with Gasteiger partial charge >= 0.3 is 0 Å². The van der Waals surface area contributed by atoms with E-state index >= 15 is 0 Å². The molecule has 0 bridgehead atoms. The van der Waals surface area contributed by atoms with Gasteiger partial charge in [-0.2, -0.15) is 0 Å². The highest BCUT2D eigenvalue weighted by atomic mass is 16.3. The molecule has 3 nitrogen and oxygen atoms in total. The van der Waals surface area contributed by atoms with E-state index in [4.69, 9.17) is 0 Å². The van der Waals surface area contributed by atoms with Crippen molar-refractivity contribution in [3.05, 3.63) is 157 Å². The average molecular weight is 561 g/mol. The van der Waals surface area contributed by atoms with Crippen LogP contribution in [0.1, 0.15) is 32.8 Å². The number of aliphatic hydroxyl groups is 1. The Bertz CT molecular complexity index is 1830. The zero-order valence-electron chi connectivity index (χ0n) is 24.9. The number of nitrogens with zero attached hydrogens (tertiary/aromatic N) is 2. The summed E-state index contributed by atoms with van der Waals surface area (Å²) in [6, 6.07) is 44.9. The number of anilines is 4. The zero-order chi connectivity index (χ0) is 29.6. The molecule has 43 heavy (non-hydrogen) atoms. The molecule has 0 spiro atoms. The predicted octanol–water partition coefficient (Wildman–Crippen LogP) is 10.3. The SMILES string of the molecule is CC1C=CC2=C(C1)N(c1ccc(-c3ccccc3)cc1C(C)(C)O)c1ccccc1N2c1ccc(-c2ccccc2)cc1. The minimum Gasteiger partial charge on any atom is -0.386 e. The van der Waals surface area contributed by atoms with E-state index in [0.717, 1.165) is 51.6 Å². The van der Waals surface area contributed by atoms with Gasteiger partial charge in [0, 0.05) is 16.9 Å². The van der Waals surface area contributed by atoms with E-state index in [0.29, 0.717) is 5.92 Å². The third-order valence-electron chi connectivity index (χ3n) is 8.50. The van der Waals surface area contributed by atoms with Crippen molar-refractivity contribution in [1.29, 1.82) is 0 Å². The predicted molar refractivity (Wildman–Crippen MR) is 180 cm³/mol. The van der Waals surface area contributed by atoms with E-state index in [2.05, 4.69) is 150 Å². The van der Waals surface area contributed by atoms with Gasteiger partial charge in [0.15, 0.2) is 0 Å². The molecule has 0 fully saturated rings. The Hall–Kier alpha value is -4.86. The number of benzene rings is 5. The van der Waals surface area contributed by atoms with E-state index in [1.54, 1.807) is 0 Å². The Balaban J connectivity index is 1.40. The van der Waals surface area contributed by atoms with Gasteiger partial charge in [0.05, 0.1) is 28.4 Å². The van der Waals surface area contributed by atoms with Crippen LogP contribution in [0, 0.1) is 5.92 Å². The van der Waals surface area contributed by atoms with Crippen LogP contribution in [-0.2, 0) is 5.60 Å². The normalized spacial score (nSPS) is 16.2. The molecule has 1 unspecified atom stereocenters. The molecule has 2 aliphatic rings. The summed E-state index contributed by atoms with van der Waals surface area (Å²) in [5.74, 6) is 0.392. The van der Waals surface area contributed by atoms with Gasteiger partial charge < -0.3 is 14.9 Å². The lowest BCUT2D eigenvalue weighted by atomic mass is 9.89. The fourth-order valence-electron chi connectivity index (χ4n) is 6.37. The molecular weight excluding hydrogens is 524 g/mol. The summed E-state index contributed by atoms with van der Waals surface area (Å²) in [5, 5.41) is 11.6. The van der Waals surface area contributed by atoms with Crippen molar-refractivity contribution in [1.82, 2.24) is 0 Å². The topological polar surface area (TPSA) is 26.7 Å². The maximum Gasteiger partial charge on any atom is 0.0860 e. The van der Waals surface area contributed by atoms with Crippen LogP contribution in [0.4, 0.5) is 22.7 Å². The lowest BCUT2D eigenvalue weighted by molar-refractivity contribution is 0.0792. The van der Waals surface area contributed by atoms with E-state index in [1.807, 2.05) is 19.9 Å². The highest BCUT2D eigenvalue weighted by Crippen LogP contribution is 2.52. The standard InChI is InChI=1S/C40H36N2O/c1-28-18-24-38-39(26-28)42(35-25-21-32(27-34(35)40(2,3)43)30-14-8-5-9-15-30)37-17-11-10-16-36(37)41(38)33-22-19-31(20-23-33)29-12-6-4-7-13-29/h4-25,27-28,43H,26H2,1-3H3. The smallest absolute Gasteiger partial charge is 0.0860 e. The number of para-hydroxylation sites is 2. The highest BCUT2D eigenvalue weighted by Gasteiger charge is 2.36. The maximum absolute atomic E-state index is 11.6. The molecule has 0 radical (unpaired) electrons. The summed E-state index contributed by atoms with van der Waals surface area (Å²) >= 11 is 0. The van der Waals surface area contributed by atoms with Crippen molar-refractivity contribution in [2.24, 2.45) is 5.92 Å². The van der Waals surface area contributed by atoms with E-state index in [-0.39, 0.29) is 0 Å². The summed E-state index contributed by atoms with van der Waals surface area (Å²) in [6.07, 6.45) is 5.48. The maximum atomic E-state index is 11.6. The molecule has 1 aliphatic carbocycles. The first-order valence-corrected chi connectivity index (χ1v) is 15.1. The van der Waals surface area contributed by atoms with Gasteiger partial charge in [-0.05, 0) is 90.9 Å². The zero-order valence-corrected chi connectivity index (χ0v) is 24.9. The molecule has 5 aromatic carbocycles. The monoisotopic (exact) mass is 560 g/mol. The molecular formula is C40H36N2O. The number of hydrogen-bond donors (Lipinski definition) is 1. The van der Waals surface area contributed by atoms with Crippen molar-refractivity contribution in [2.45, 2.75) is 32.8 Å². The molecule has 7 rings (SSSR count). The molecule has 1 atom stereocenters. The van der Waals surface area contributed by atoms with Crippen molar-refractivity contribution in [2.75, 3.05) is 9.80 Å². The Labute approximate surface area is 254 Å². The van der Waals surface area contributed by atoms with Crippen LogP contribution in [0.5, 0.6) is 0 Å². The Morgan fingerprint density at radius 2 is 1.14 bits per heavy atom. The van der Waals surface area contributed by atoms with Crippen LogP contribution < -0.4 is 9.80 Å². The van der Waals surface area contributed by atoms with Gasteiger partial charge in [0.25, 0.3) is 0 Å². The average Bonchev–Trinajstić information content (AvgIpc) is 3.04. The van der Waals surface area contributed by atoms with Gasteiger partial charge in [0.1, 0.15) is 0 Å². The minimum absolute atomic E-state index is 0.392. The van der Waals surface area contributed by atoms with Crippen LogP contribution in [0.2, 0.25) is 0 Å². The van der Waals surface area contributed by atoms with E-state index < -0.39 is 5.60 Å². The Morgan fingerprint density at radius 1 is 0.605 bits per heavy atom. The number of fused-ring (bicyclic) bond motifs is 1. The Morgan fingerprint density at radius 3 is 1.77 bits per heavy atom. The molecule has 5 aromatic rings. The van der Waals surface area contributed by atoms with E-state index in [1.165, 1.54) is 16.8 Å². The molecule has 0 aromatic heterocycles. The summed E-state index contributed by atoms with van der Waals surface area (Å²) in [5.41, 5.74) is 11.3. The molecule has 212 valence electrons. The quantitative estimate of drug-likeness (QED) is 0.232. The highest BCUT2D eigenvalue weighted by molar-refractivity contribution is 5.92. The molecule has 0 saturated carbocycles. The van der Waals surface area contributed by atoms with Crippen molar-refractivity contribution < 1.29 is 5.11 Å². The van der Waals surface area contributed by atoms with E-state index in [9.17, 15) is 5.11 Å². The van der Waals surface area contributed by atoms with Crippen LogP contribution >= 0.6 is 0 Å². The van der Waals surface area contributed by atoms with Gasteiger partial charge in [-0.15, -0.1) is 0 Å². The minimum atomic E-state index is -1.05. The van der Waals surface area contributed by atoms with Crippen LogP contribution in [0.3, 0.4) is 0 Å². The fourth-order valence-corrected chi connectivity index (χ4v) is 6.37. The van der Waals surface area contributed by atoms with Crippen LogP contribution in [0.15, 0.2) is 151 Å². The van der Waals surface area contributed by atoms with Gasteiger partial charge in [-0.3, -0.25) is 0 Å². The molecule has 1 heterocycles. The second kappa shape index (κ2) is 10.8. The summed E-state index contributed by atoms with van der Waals surface area (Å²) in [4.78, 5) is 4.78. The third kappa shape index (κ3) is 4.96. The van der Waals surface area contributed by atoms with Gasteiger partial charge in [-0.25, -0.2) is 0 Å². The molecule has 0 amide bonds. The molecule has 0 saturated heterocycles. The van der Waals surface area contributed by atoms with Crippen molar-refractivity contribution in [3.8, 4) is 22.3 Å². The summed E-state index contributed by atoms with van der Waals surface area (Å²) in [7, 11) is 0. The van der Waals surface area contributed by atoms with Crippen molar-refractivity contribution in [3.63, 3.8) is 0 Å². The Kier molecular flexibility index (Phi) is 6.76. The summed E-state index contributed by atoms with van der Waals surface area (Å²) in [6.45, 7) is 6.04. The van der Waals surface area contributed by atoms with Crippen LogP contribution in [-0.4, -0.2) is 5.11 Å². The number of rotatable bonds is 5. The fraction of sp³-hybridized carbons (Fsp3) is 0.150. The lowest BCUT2D eigenvalue weighted by Gasteiger charge is -2.44. The van der Waals surface area contributed by atoms with Gasteiger partial charge in [-0.1, -0.05) is 104 Å². The second-order valence-corrected chi connectivity index (χ2v) is 12.1. The first kappa shape index (κ1) is 27.0. The summed E-state index contributed by atoms with van der Waals surface area (Å²) < 4.78 is 0. The lowest BCUT2D eigenvalue weighted by Crippen LogP contribution is -2.34. The first-order chi connectivity index (χ1) is 20.9. The third-order valence-corrected chi connectivity index (χ3v) is 8.50. The van der Waals surface area contributed by atoms with Crippen LogP contribution in [0.25, 0.3) is 22.3 Å². The number of hydrogen-bond acceptors (Lipinski definition) is 3. The number of allylic oxidation sites excluding steroid dienone is 3. The van der Waals surface area contributed by atoms with Gasteiger partial charge in [0.2, 0.25) is 0 Å². The van der Waals surface area contributed by atoms with Crippen molar-refractivity contribution >= 4 is 22.7 Å². The second-order valence-electron chi connectivity index (χ2n) is 12.1. The molecule has 1 aliphatic heterocycles.